The first-order valence-electron chi connectivity index (χ1n) is 19.3. The number of furan rings is 1. The molecule has 0 atom stereocenters. The Morgan fingerprint density at radius 2 is 1.05 bits per heavy atom. The average Bonchev–Trinajstić information content (AvgIpc) is 3.99. The number of allylic oxidation sites excluding steroid dienone is 9. The summed E-state index contributed by atoms with van der Waals surface area (Å²) in [6.07, 6.45) is 12.0. The van der Waals surface area contributed by atoms with E-state index in [1.54, 1.807) is 0 Å². The Kier molecular flexibility index (Phi) is 6.55. The van der Waals surface area contributed by atoms with Gasteiger partial charge in [-0.25, -0.2) is 0 Å². The van der Waals surface area contributed by atoms with E-state index in [4.69, 9.17) is 4.42 Å². The van der Waals surface area contributed by atoms with Gasteiger partial charge in [0.25, 0.3) is 0 Å². The number of nitrogens with zero attached hydrogens (tertiary/aromatic N) is 2. The van der Waals surface area contributed by atoms with Crippen molar-refractivity contribution in [3.8, 4) is 11.4 Å². The number of para-hydroxylation sites is 4. The van der Waals surface area contributed by atoms with Crippen LogP contribution in [-0.2, 0) is 0 Å². The molecule has 0 amide bonds. The van der Waals surface area contributed by atoms with Crippen molar-refractivity contribution >= 4 is 82.3 Å². The Balaban J connectivity index is 1.16. The largest absolute Gasteiger partial charge is 0.455 e. The Morgan fingerprint density at radius 3 is 1.79 bits per heavy atom. The van der Waals surface area contributed by atoms with Crippen LogP contribution in [0.1, 0.15) is 23.1 Å². The summed E-state index contributed by atoms with van der Waals surface area (Å²) in [6, 6.07) is 54.5. The highest BCUT2D eigenvalue weighted by molar-refractivity contribution is 6.39. The minimum Gasteiger partial charge on any atom is -0.455 e. The SMILES string of the molecule is C=C1/C=C\C=C2/C/C(=C\C=C1c1ccc(-n3c4ccccc4c4c5c6ccccc6oc5c5c6ccccc6n(-c6ccccc6)c5c43)cc1)c1ccccc12. The van der Waals surface area contributed by atoms with Gasteiger partial charge in [-0.3, -0.25) is 0 Å². The quantitative estimate of drug-likeness (QED) is 0.179. The van der Waals surface area contributed by atoms with Crippen LogP contribution in [-0.4, -0.2) is 9.13 Å². The third-order valence-corrected chi connectivity index (χ3v) is 11.9. The molecular formula is C53H34N2O. The molecule has 56 heavy (non-hydrogen) atoms. The highest BCUT2D eigenvalue weighted by atomic mass is 16.3. The molecule has 2 bridgehead atoms. The van der Waals surface area contributed by atoms with E-state index in [1.807, 2.05) is 0 Å². The van der Waals surface area contributed by atoms with Gasteiger partial charge in [-0.15, -0.1) is 0 Å². The number of hydrogen-bond donors (Lipinski definition) is 0. The zero-order valence-corrected chi connectivity index (χ0v) is 30.5. The Morgan fingerprint density at radius 1 is 0.482 bits per heavy atom. The smallest absolute Gasteiger partial charge is 0.146 e. The maximum Gasteiger partial charge on any atom is 0.146 e. The molecule has 2 aliphatic carbocycles. The second kappa shape index (κ2) is 11.8. The molecular weight excluding hydrogens is 681 g/mol. The third kappa shape index (κ3) is 4.34. The number of hydrogen-bond acceptors (Lipinski definition) is 1. The molecule has 3 aromatic heterocycles. The molecule has 3 heterocycles. The van der Waals surface area contributed by atoms with Crippen LogP contribution in [0.5, 0.6) is 0 Å². The van der Waals surface area contributed by atoms with E-state index in [-0.39, 0.29) is 0 Å². The highest BCUT2D eigenvalue weighted by Crippen LogP contribution is 2.49. The second-order valence-electron chi connectivity index (χ2n) is 14.9. The van der Waals surface area contributed by atoms with Crippen LogP contribution in [0.3, 0.4) is 0 Å². The summed E-state index contributed by atoms with van der Waals surface area (Å²) in [5.41, 5.74) is 17.2. The fourth-order valence-corrected chi connectivity index (χ4v) is 9.46. The number of fused-ring (bicyclic) bond motifs is 17. The van der Waals surface area contributed by atoms with Gasteiger partial charge < -0.3 is 13.6 Å². The molecule has 0 spiro atoms. The molecule has 0 saturated heterocycles. The Bertz CT molecular complexity index is 3430. The summed E-state index contributed by atoms with van der Waals surface area (Å²) in [5.74, 6) is 0. The molecule has 3 nitrogen and oxygen atoms in total. The third-order valence-electron chi connectivity index (χ3n) is 11.9. The van der Waals surface area contributed by atoms with E-state index in [1.165, 1.54) is 38.4 Å². The first kappa shape index (κ1) is 31.0. The number of aromatic nitrogens is 2. The summed E-state index contributed by atoms with van der Waals surface area (Å²) in [4.78, 5) is 0. The predicted molar refractivity (Wildman–Crippen MR) is 236 cm³/mol. The average molecular weight is 715 g/mol. The minimum atomic E-state index is 0.894. The van der Waals surface area contributed by atoms with Crippen LogP contribution in [0.2, 0.25) is 0 Å². The van der Waals surface area contributed by atoms with E-state index in [9.17, 15) is 0 Å². The van der Waals surface area contributed by atoms with E-state index < -0.39 is 0 Å². The van der Waals surface area contributed by atoms with Gasteiger partial charge in [-0.05, 0) is 87.9 Å². The highest BCUT2D eigenvalue weighted by Gasteiger charge is 2.28. The molecule has 12 rings (SSSR count). The molecule has 7 aromatic carbocycles. The fraction of sp³-hybridized carbons (Fsp3) is 0.0189. The Hall–Kier alpha value is -7.36. The van der Waals surface area contributed by atoms with Crippen molar-refractivity contribution in [2.75, 3.05) is 0 Å². The minimum absolute atomic E-state index is 0.894. The molecule has 2 aliphatic rings. The fourth-order valence-electron chi connectivity index (χ4n) is 9.46. The van der Waals surface area contributed by atoms with E-state index in [0.29, 0.717) is 0 Å². The number of rotatable bonds is 3. The first-order chi connectivity index (χ1) is 27.7. The van der Waals surface area contributed by atoms with Crippen LogP contribution >= 0.6 is 0 Å². The maximum absolute atomic E-state index is 6.91. The monoisotopic (exact) mass is 714 g/mol. The van der Waals surface area contributed by atoms with Crippen LogP contribution in [0.25, 0.3) is 93.6 Å². The van der Waals surface area contributed by atoms with Gasteiger partial charge in [0.15, 0.2) is 0 Å². The van der Waals surface area contributed by atoms with Gasteiger partial charge >= 0.3 is 0 Å². The van der Waals surface area contributed by atoms with Gasteiger partial charge in [0.05, 0.1) is 27.5 Å². The van der Waals surface area contributed by atoms with Gasteiger partial charge in [-0.2, -0.15) is 0 Å². The van der Waals surface area contributed by atoms with Gasteiger partial charge in [0, 0.05) is 38.3 Å². The van der Waals surface area contributed by atoms with Crippen molar-refractivity contribution < 1.29 is 4.42 Å². The van der Waals surface area contributed by atoms with Gasteiger partial charge in [-0.1, -0.05) is 146 Å². The van der Waals surface area contributed by atoms with Crippen LogP contribution in [0.4, 0.5) is 0 Å². The van der Waals surface area contributed by atoms with Crippen molar-refractivity contribution in [1.29, 1.82) is 0 Å². The lowest BCUT2D eigenvalue weighted by Gasteiger charge is -2.14. The van der Waals surface area contributed by atoms with Crippen LogP contribution < -0.4 is 0 Å². The van der Waals surface area contributed by atoms with Crippen molar-refractivity contribution in [3.05, 3.63) is 211 Å². The van der Waals surface area contributed by atoms with Gasteiger partial charge in [0.1, 0.15) is 11.2 Å². The van der Waals surface area contributed by atoms with E-state index in [0.717, 1.165) is 83.9 Å². The standard InChI is InChI=1S/C53H34N2O/c1-33-14-13-15-35-32-36(41-19-6-5-18-40(35)41)28-31-39(33)34-26-29-38(30-27-34)55-45-23-10-7-20-42(45)48-49-44-22-9-12-25-47(44)56-53(49)50-43-21-8-11-24-46(43)54(52(50)51(48)55)37-16-3-2-4-17-37/h2-31H,1,32H2/b14-13-,35-15+,36-28+,39-31?. The summed E-state index contributed by atoms with van der Waals surface area (Å²) in [5, 5.41) is 6.96. The van der Waals surface area contributed by atoms with Gasteiger partial charge in [0.2, 0.25) is 0 Å². The van der Waals surface area contributed by atoms with Crippen molar-refractivity contribution in [1.82, 2.24) is 9.13 Å². The lowest BCUT2D eigenvalue weighted by molar-refractivity contribution is 0.673. The maximum atomic E-state index is 6.91. The normalized spacial score (nSPS) is 16.7. The molecule has 262 valence electrons. The Labute approximate surface area is 323 Å². The zero-order valence-electron chi connectivity index (χ0n) is 30.5. The van der Waals surface area contributed by atoms with Crippen LogP contribution in [0, 0.1) is 0 Å². The van der Waals surface area contributed by atoms with Crippen molar-refractivity contribution in [3.63, 3.8) is 0 Å². The lowest BCUT2D eigenvalue weighted by atomic mass is 9.96. The van der Waals surface area contributed by atoms with E-state index in [2.05, 4.69) is 198 Å². The zero-order chi connectivity index (χ0) is 36.9. The molecule has 0 saturated carbocycles. The van der Waals surface area contributed by atoms with Crippen molar-refractivity contribution in [2.45, 2.75) is 6.42 Å². The molecule has 0 unspecified atom stereocenters. The molecule has 0 radical (unpaired) electrons. The van der Waals surface area contributed by atoms with E-state index >= 15 is 0 Å². The van der Waals surface area contributed by atoms with Crippen molar-refractivity contribution in [2.24, 2.45) is 0 Å². The topological polar surface area (TPSA) is 23.0 Å². The molecule has 3 heteroatoms. The first-order valence-corrected chi connectivity index (χ1v) is 19.3. The summed E-state index contributed by atoms with van der Waals surface area (Å²) < 4.78 is 11.8. The molecule has 0 aliphatic heterocycles. The molecule has 10 aromatic rings. The van der Waals surface area contributed by atoms with Crippen LogP contribution in [0.15, 0.2) is 199 Å². The molecule has 0 fully saturated rings. The second-order valence-corrected chi connectivity index (χ2v) is 14.9. The lowest BCUT2D eigenvalue weighted by Crippen LogP contribution is -1.99. The molecule has 0 N–H and O–H groups in total. The summed E-state index contributed by atoms with van der Waals surface area (Å²) in [7, 11) is 0. The summed E-state index contributed by atoms with van der Waals surface area (Å²) >= 11 is 0. The number of benzene rings is 7. The predicted octanol–water partition coefficient (Wildman–Crippen LogP) is 14.2. The summed E-state index contributed by atoms with van der Waals surface area (Å²) in [6.45, 7) is 4.53.